The monoisotopic (exact) mass is 375 g/mol. The highest BCUT2D eigenvalue weighted by Crippen LogP contribution is 2.25. The summed E-state index contributed by atoms with van der Waals surface area (Å²) in [6.07, 6.45) is 0.122. The van der Waals surface area contributed by atoms with Crippen molar-refractivity contribution >= 4 is 17.9 Å². The first-order valence-corrected chi connectivity index (χ1v) is 9.23. The number of rotatable bonds is 6. The molecule has 2 aliphatic rings. The Kier molecular flexibility index (Phi) is 6.28. The Morgan fingerprint density at radius 3 is 2.67 bits per heavy atom. The largest absolute Gasteiger partial charge is 0.448 e. The van der Waals surface area contributed by atoms with Crippen molar-refractivity contribution in [2.45, 2.75) is 38.0 Å². The Morgan fingerprint density at radius 1 is 1.22 bits per heavy atom. The lowest BCUT2D eigenvalue weighted by molar-refractivity contribution is -0.128. The Balaban J connectivity index is 1.42. The summed E-state index contributed by atoms with van der Waals surface area (Å²) in [5.41, 5.74) is 1.02. The van der Waals surface area contributed by atoms with Crippen LogP contribution in [-0.4, -0.2) is 59.8 Å². The third-order valence-electron chi connectivity index (χ3n) is 5.02. The smallest absolute Gasteiger partial charge is 0.410 e. The number of carbonyl (C=O) groups is 3. The average molecular weight is 375 g/mol. The van der Waals surface area contributed by atoms with Crippen LogP contribution in [0.5, 0.6) is 0 Å². The molecule has 1 aromatic carbocycles. The molecule has 27 heavy (non-hydrogen) atoms. The first kappa shape index (κ1) is 19.2. The van der Waals surface area contributed by atoms with Gasteiger partial charge in [0, 0.05) is 12.5 Å². The molecule has 0 aromatic heterocycles. The highest BCUT2D eigenvalue weighted by molar-refractivity contribution is 5.83. The third kappa shape index (κ3) is 5.19. The Morgan fingerprint density at radius 2 is 2.00 bits per heavy atom. The minimum atomic E-state index is -0.791. The number of ether oxygens (including phenoxy) is 1. The second-order valence-electron chi connectivity index (χ2n) is 6.99. The second-order valence-corrected chi connectivity index (χ2v) is 6.99. The molecule has 1 saturated heterocycles. The molecule has 0 radical (unpaired) electrons. The van der Waals surface area contributed by atoms with Crippen LogP contribution in [-0.2, 0) is 20.9 Å². The van der Waals surface area contributed by atoms with Crippen molar-refractivity contribution in [1.82, 2.24) is 15.5 Å². The van der Waals surface area contributed by atoms with Gasteiger partial charge in [-0.2, -0.15) is 0 Å². The Hall–Kier alpha value is -2.61. The van der Waals surface area contributed by atoms with Crippen LogP contribution in [0.25, 0.3) is 0 Å². The number of nitrogens with zero attached hydrogens (tertiary/aromatic N) is 1. The number of cyclic esters (lactones) is 1. The molecule has 2 fully saturated rings. The van der Waals surface area contributed by atoms with Gasteiger partial charge < -0.3 is 20.5 Å². The maximum atomic E-state index is 12.3. The molecule has 0 bridgehead atoms. The second kappa shape index (κ2) is 8.85. The van der Waals surface area contributed by atoms with Crippen molar-refractivity contribution in [3.05, 3.63) is 35.9 Å². The van der Waals surface area contributed by atoms with E-state index >= 15 is 0 Å². The predicted molar refractivity (Wildman–Crippen MR) is 96.5 cm³/mol. The van der Waals surface area contributed by atoms with E-state index in [0.29, 0.717) is 32.4 Å². The minimum absolute atomic E-state index is 0.0803. The Labute approximate surface area is 157 Å². The number of hydrogen-bond donors (Lipinski definition) is 3. The van der Waals surface area contributed by atoms with E-state index in [9.17, 15) is 19.5 Å². The first-order chi connectivity index (χ1) is 13.0. The maximum Gasteiger partial charge on any atom is 0.410 e. The zero-order valence-corrected chi connectivity index (χ0v) is 15.1. The van der Waals surface area contributed by atoms with Gasteiger partial charge in [-0.15, -0.1) is 0 Å². The summed E-state index contributed by atoms with van der Waals surface area (Å²) in [7, 11) is 0. The van der Waals surface area contributed by atoms with Gasteiger partial charge in [0.1, 0.15) is 13.2 Å². The molecule has 1 aliphatic carbocycles. The fourth-order valence-corrected chi connectivity index (χ4v) is 3.48. The Bertz CT molecular complexity index is 681. The lowest BCUT2D eigenvalue weighted by Crippen LogP contribution is -2.51. The van der Waals surface area contributed by atoms with Crippen LogP contribution in [0.4, 0.5) is 4.79 Å². The van der Waals surface area contributed by atoms with Crippen LogP contribution in [0.3, 0.4) is 0 Å². The molecule has 0 unspecified atom stereocenters. The normalized spacial score (nSPS) is 25.0. The molecule has 8 heteroatoms. The molecule has 1 aromatic rings. The van der Waals surface area contributed by atoms with Gasteiger partial charge in [-0.3, -0.25) is 14.5 Å². The van der Waals surface area contributed by atoms with Crippen LogP contribution in [0.15, 0.2) is 30.3 Å². The van der Waals surface area contributed by atoms with E-state index in [1.807, 2.05) is 30.3 Å². The number of benzene rings is 1. The van der Waals surface area contributed by atoms with Crippen molar-refractivity contribution in [3.63, 3.8) is 0 Å². The van der Waals surface area contributed by atoms with Gasteiger partial charge in [0.25, 0.3) is 0 Å². The van der Waals surface area contributed by atoms with Crippen LogP contribution in [0.2, 0.25) is 0 Å². The highest BCUT2D eigenvalue weighted by Gasteiger charge is 2.34. The quantitative estimate of drug-likeness (QED) is 0.667. The molecule has 1 aliphatic heterocycles. The van der Waals surface area contributed by atoms with Crippen LogP contribution in [0, 0.1) is 5.92 Å². The van der Waals surface area contributed by atoms with E-state index < -0.39 is 18.2 Å². The summed E-state index contributed by atoms with van der Waals surface area (Å²) < 4.78 is 4.79. The van der Waals surface area contributed by atoms with Gasteiger partial charge in [-0.05, 0) is 24.8 Å². The number of aliphatic hydroxyl groups excluding tert-OH is 1. The van der Waals surface area contributed by atoms with Crippen molar-refractivity contribution in [3.8, 4) is 0 Å². The highest BCUT2D eigenvalue weighted by atomic mass is 16.6. The van der Waals surface area contributed by atoms with Crippen LogP contribution in [0.1, 0.15) is 24.8 Å². The average Bonchev–Trinajstić information content (AvgIpc) is 3.06. The summed E-state index contributed by atoms with van der Waals surface area (Å²) >= 11 is 0. The van der Waals surface area contributed by atoms with Crippen molar-refractivity contribution in [2.75, 3.05) is 19.7 Å². The molecular formula is C19H25N3O5. The number of carbonyl (C=O) groups excluding carboxylic acids is 3. The van der Waals surface area contributed by atoms with Gasteiger partial charge in [-0.1, -0.05) is 30.3 Å². The van der Waals surface area contributed by atoms with E-state index in [1.54, 1.807) is 0 Å². The minimum Gasteiger partial charge on any atom is -0.448 e. The maximum absolute atomic E-state index is 12.3. The van der Waals surface area contributed by atoms with Crippen molar-refractivity contribution in [2.24, 2.45) is 5.92 Å². The fraction of sp³-hybridized carbons (Fsp3) is 0.526. The summed E-state index contributed by atoms with van der Waals surface area (Å²) in [4.78, 5) is 37.1. The first-order valence-electron chi connectivity index (χ1n) is 9.23. The summed E-state index contributed by atoms with van der Waals surface area (Å²) in [5.74, 6) is -0.683. The zero-order chi connectivity index (χ0) is 19.2. The molecule has 1 heterocycles. The molecule has 146 valence electrons. The van der Waals surface area contributed by atoms with Gasteiger partial charge in [0.05, 0.1) is 18.7 Å². The molecule has 3 N–H and O–H groups in total. The van der Waals surface area contributed by atoms with E-state index in [1.165, 1.54) is 4.90 Å². The van der Waals surface area contributed by atoms with Gasteiger partial charge >= 0.3 is 6.09 Å². The SMILES string of the molecule is O=C(CN1CCOC1=O)N[C@H]1CC[C@H](C(=O)NCc2ccccc2)C[C@@H]1O. The standard InChI is InChI=1S/C19H25N3O5/c23-16-10-14(18(25)20-11-13-4-2-1-3-5-13)6-7-15(16)21-17(24)12-22-8-9-27-19(22)26/h1-5,14-16,23H,6-12H2,(H,20,25)(H,21,24)/t14-,15-,16-/m0/s1. The van der Waals surface area contributed by atoms with E-state index in [2.05, 4.69) is 10.6 Å². The summed E-state index contributed by atoms with van der Waals surface area (Å²) in [6.45, 7) is 1.06. The summed E-state index contributed by atoms with van der Waals surface area (Å²) in [6, 6.07) is 9.23. The van der Waals surface area contributed by atoms with Gasteiger partial charge in [-0.25, -0.2) is 4.79 Å². The third-order valence-corrected chi connectivity index (χ3v) is 5.02. The lowest BCUT2D eigenvalue weighted by Gasteiger charge is -2.33. The predicted octanol–water partition coefficient (Wildman–Crippen LogP) is 0.401. The molecule has 3 amide bonds. The zero-order valence-electron chi connectivity index (χ0n) is 15.1. The van der Waals surface area contributed by atoms with Crippen molar-refractivity contribution in [1.29, 1.82) is 0 Å². The molecule has 1 saturated carbocycles. The molecular weight excluding hydrogens is 350 g/mol. The lowest BCUT2D eigenvalue weighted by atomic mass is 9.83. The molecule has 3 atom stereocenters. The van der Waals surface area contributed by atoms with Crippen molar-refractivity contribution < 1.29 is 24.2 Å². The number of hydrogen-bond acceptors (Lipinski definition) is 5. The summed E-state index contributed by atoms with van der Waals surface area (Å²) in [5, 5.41) is 16.0. The number of nitrogens with one attached hydrogen (secondary N) is 2. The van der Waals surface area contributed by atoms with E-state index in [0.717, 1.165) is 5.56 Å². The van der Waals surface area contributed by atoms with Gasteiger partial charge in [0.15, 0.2) is 0 Å². The van der Waals surface area contributed by atoms with Crippen LogP contribution >= 0.6 is 0 Å². The molecule has 3 rings (SSSR count). The van der Waals surface area contributed by atoms with E-state index in [4.69, 9.17) is 4.74 Å². The van der Waals surface area contributed by atoms with Crippen LogP contribution < -0.4 is 10.6 Å². The topological polar surface area (TPSA) is 108 Å². The van der Waals surface area contributed by atoms with E-state index in [-0.39, 0.29) is 30.9 Å². The number of amides is 3. The fourth-order valence-electron chi connectivity index (χ4n) is 3.48. The molecule has 8 nitrogen and oxygen atoms in total. The van der Waals surface area contributed by atoms with Gasteiger partial charge in [0.2, 0.25) is 11.8 Å². The number of aliphatic hydroxyl groups is 1. The molecule has 0 spiro atoms.